The van der Waals surface area contributed by atoms with Crippen molar-refractivity contribution in [2.24, 2.45) is 10.7 Å². The Morgan fingerprint density at radius 2 is 2.58 bits per heavy atom. The molecule has 0 fully saturated rings. The SMILES string of the molecule is N/C=C/NC1=NC(C(=O)O)CC1. The molecule has 1 heterocycles. The quantitative estimate of drug-likeness (QED) is 0.527. The molecule has 0 saturated carbocycles. The Balaban J connectivity index is 2.48. The molecule has 0 aromatic heterocycles. The highest BCUT2D eigenvalue weighted by atomic mass is 16.4. The van der Waals surface area contributed by atoms with E-state index in [9.17, 15) is 4.79 Å². The van der Waals surface area contributed by atoms with E-state index in [-0.39, 0.29) is 0 Å². The third-order valence-corrected chi connectivity index (χ3v) is 1.60. The predicted octanol–water partition coefficient (Wildman–Crippen LogP) is -0.349. The summed E-state index contributed by atoms with van der Waals surface area (Å²) in [6.45, 7) is 0. The van der Waals surface area contributed by atoms with Gasteiger partial charge < -0.3 is 16.2 Å². The largest absolute Gasteiger partial charge is 0.480 e. The van der Waals surface area contributed by atoms with Crippen molar-refractivity contribution in [3.63, 3.8) is 0 Å². The molecule has 5 nitrogen and oxygen atoms in total. The minimum absolute atomic E-state index is 0.566. The van der Waals surface area contributed by atoms with Gasteiger partial charge in [0.05, 0.1) is 0 Å². The van der Waals surface area contributed by atoms with Crippen molar-refractivity contribution in [3.05, 3.63) is 12.4 Å². The zero-order valence-corrected chi connectivity index (χ0v) is 6.53. The summed E-state index contributed by atoms with van der Waals surface area (Å²) in [5.74, 6) is -0.187. The number of aliphatic carboxylic acids is 1. The maximum Gasteiger partial charge on any atom is 0.328 e. The molecule has 0 saturated heterocycles. The van der Waals surface area contributed by atoms with E-state index >= 15 is 0 Å². The minimum Gasteiger partial charge on any atom is -0.480 e. The second-order valence-corrected chi connectivity index (χ2v) is 2.47. The molecule has 66 valence electrons. The van der Waals surface area contributed by atoms with Gasteiger partial charge in [-0.2, -0.15) is 0 Å². The minimum atomic E-state index is -0.872. The number of hydrogen-bond acceptors (Lipinski definition) is 4. The van der Waals surface area contributed by atoms with E-state index in [0.717, 1.165) is 0 Å². The Kier molecular flexibility index (Phi) is 2.68. The molecule has 1 aliphatic rings. The standard InChI is InChI=1S/C7H11N3O2/c8-3-4-9-6-2-1-5(10-6)7(11)12/h3-5H,1-2,8H2,(H,9,10)(H,11,12)/b4-3+. The Hall–Kier alpha value is -1.52. The van der Waals surface area contributed by atoms with Gasteiger partial charge in [0.1, 0.15) is 11.9 Å². The van der Waals surface area contributed by atoms with Crippen LogP contribution < -0.4 is 11.1 Å². The molecule has 1 unspecified atom stereocenters. The second-order valence-electron chi connectivity index (χ2n) is 2.47. The van der Waals surface area contributed by atoms with Gasteiger partial charge in [-0.15, -0.1) is 0 Å². The number of nitrogens with two attached hydrogens (primary N) is 1. The molecule has 5 heteroatoms. The number of aliphatic imine (C=N–C) groups is 1. The van der Waals surface area contributed by atoms with E-state index in [4.69, 9.17) is 10.8 Å². The van der Waals surface area contributed by atoms with Gasteiger partial charge in [0.15, 0.2) is 0 Å². The van der Waals surface area contributed by atoms with E-state index < -0.39 is 12.0 Å². The Bertz CT molecular complexity index is 235. The van der Waals surface area contributed by atoms with E-state index in [1.807, 2.05) is 0 Å². The summed E-state index contributed by atoms with van der Waals surface area (Å²) in [7, 11) is 0. The van der Waals surface area contributed by atoms with Gasteiger partial charge in [-0.05, 0) is 6.42 Å². The molecule has 0 amide bonds. The van der Waals surface area contributed by atoms with Gasteiger partial charge in [-0.3, -0.25) is 4.99 Å². The average molecular weight is 169 g/mol. The zero-order valence-electron chi connectivity index (χ0n) is 6.53. The third kappa shape index (κ3) is 1.98. The molecule has 0 aromatic carbocycles. The van der Waals surface area contributed by atoms with Crippen LogP contribution in [0.3, 0.4) is 0 Å². The average Bonchev–Trinajstić information content (AvgIpc) is 2.48. The Morgan fingerprint density at radius 3 is 3.08 bits per heavy atom. The van der Waals surface area contributed by atoms with Gasteiger partial charge in [0, 0.05) is 18.8 Å². The molecule has 0 spiro atoms. The van der Waals surface area contributed by atoms with Crippen LogP contribution in [0.2, 0.25) is 0 Å². The number of hydrogen-bond donors (Lipinski definition) is 3. The fraction of sp³-hybridized carbons (Fsp3) is 0.429. The van der Waals surface area contributed by atoms with Crippen LogP contribution in [-0.4, -0.2) is 23.0 Å². The number of nitrogens with zero attached hydrogens (tertiary/aromatic N) is 1. The highest BCUT2D eigenvalue weighted by molar-refractivity contribution is 5.89. The van der Waals surface area contributed by atoms with Crippen molar-refractivity contribution in [2.45, 2.75) is 18.9 Å². The highest BCUT2D eigenvalue weighted by Crippen LogP contribution is 2.11. The Morgan fingerprint density at radius 1 is 1.83 bits per heavy atom. The molecule has 1 rings (SSSR count). The summed E-state index contributed by atoms with van der Waals surface area (Å²) < 4.78 is 0. The molecular weight excluding hydrogens is 158 g/mol. The maximum atomic E-state index is 10.4. The van der Waals surface area contributed by atoms with Crippen molar-refractivity contribution >= 4 is 11.8 Å². The molecule has 1 atom stereocenters. The van der Waals surface area contributed by atoms with Crippen molar-refractivity contribution in [1.29, 1.82) is 0 Å². The van der Waals surface area contributed by atoms with Crippen LogP contribution in [0.15, 0.2) is 17.4 Å². The number of rotatable bonds is 2. The smallest absolute Gasteiger partial charge is 0.328 e. The molecule has 0 aliphatic carbocycles. The monoisotopic (exact) mass is 169 g/mol. The zero-order chi connectivity index (χ0) is 8.97. The first-order valence-corrected chi connectivity index (χ1v) is 3.67. The summed E-state index contributed by atoms with van der Waals surface area (Å²) >= 11 is 0. The first kappa shape index (κ1) is 8.58. The fourth-order valence-corrected chi connectivity index (χ4v) is 1.02. The lowest BCUT2D eigenvalue weighted by Crippen LogP contribution is -2.16. The molecule has 12 heavy (non-hydrogen) atoms. The summed E-state index contributed by atoms with van der Waals surface area (Å²) in [6, 6.07) is -0.585. The Labute approximate surface area is 70.0 Å². The maximum absolute atomic E-state index is 10.4. The predicted molar refractivity (Wildman–Crippen MR) is 44.6 cm³/mol. The summed E-state index contributed by atoms with van der Waals surface area (Å²) in [5.41, 5.74) is 5.09. The van der Waals surface area contributed by atoms with Gasteiger partial charge in [0.2, 0.25) is 0 Å². The van der Waals surface area contributed by atoms with Crippen molar-refractivity contribution in [1.82, 2.24) is 5.32 Å². The lowest BCUT2D eigenvalue weighted by molar-refractivity contribution is -0.138. The lowest BCUT2D eigenvalue weighted by Gasteiger charge is -1.96. The lowest BCUT2D eigenvalue weighted by atomic mass is 10.2. The summed E-state index contributed by atoms with van der Waals surface area (Å²) in [4.78, 5) is 14.4. The van der Waals surface area contributed by atoms with E-state index in [2.05, 4.69) is 10.3 Å². The van der Waals surface area contributed by atoms with Crippen LogP contribution in [0.25, 0.3) is 0 Å². The number of nitrogens with one attached hydrogen (secondary N) is 1. The molecule has 0 aromatic rings. The van der Waals surface area contributed by atoms with Crippen LogP contribution >= 0.6 is 0 Å². The number of amidine groups is 1. The molecule has 4 N–H and O–H groups in total. The summed E-state index contributed by atoms with van der Waals surface area (Å²) in [6.07, 6.45) is 4.11. The molecular formula is C7H11N3O2. The van der Waals surface area contributed by atoms with Crippen molar-refractivity contribution in [3.8, 4) is 0 Å². The first-order valence-electron chi connectivity index (χ1n) is 3.67. The second kappa shape index (κ2) is 3.75. The molecule has 1 aliphatic heterocycles. The van der Waals surface area contributed by atoms with Gasteiger partial charge in [-0.25, -0.2) is 4.79 Å². The van der Waals surface area contributed by atoms with E-state index in [1.54, 1.807) is 0 Å². The van der Waals surface area contributed by atoms with Crippen molar-refractivity contribution < 1.29 is 9.90 Å². The molecule has 0 bridgehead atoms. The first-order chi connectivity index (χ1) is 5.74. The van der Waals surface area contributed by atoms with Crippen molar-refractivity contribution in [2.75, 3.05) is 0 Å². The summed E-state index contributed by atoms with van der Waals surface area (Å²) in [5, 5.41) is 11.4. The van der Waals surface area contributed by atoms with Crippen LogP contribution in [0, 0.1) is 0 Å². The molecule has 0 radical (unpaired) electrons. The number of carboxylic acids is 1. The van der Waals surface area contributed by atoms with Gasteiger partial charge in [0.25, 0.3) is 0 Å². The van der Waals surface area contributed by atoms with Gasteiger partial charge in [-0.1, -0.05) is 0 Å². The van der Waals surface area contributed by atoms with Crippen LogP contribution in [0.4, 0.5) is 0 Å². The van der Waals surface area contributed by atoms with Gasteiger partial charge >= 0.3 is 5.97 Å². The fourth-order valence-electron chi connectivity index (χ4n) is 1.02. The number of carbonyl (C=O) groups is 1. The van der Waals surface area contributed by atoms with E-state index in [0.29, 0.717) is 18.7 Å². The van der Waals surface area contributed by atoms with Crippen LogP contribution in [0.5, 0.6) is 0 Å². The van der Waals surface area contributed by atoms with E-state index in [1.165, 1.54) is 12.4 Å². The highest BCUT2D eigenvalue weighted by Gasteiger charge is 2.22. The topological polar surface area (TPSA) is 87.7 Å². The third-order valence-electron chi connectivity index (χ3n) is 1.60. The van der Waals surface area contributed by atoms with Crippen LogP contribution in [0.1, 0.15) is 12.8 Å². The normalized spacial score (nSPS) is 22.7. The number of carboxylic acid groups (broad SMARTS) is 1. The van der Waals surface area contributed by atoms with Crippen LogP contribution in [-0.2, 0) is 4.79 Å².